The molecule has 20 heavy (non-hydrogen) atoms. The number of hydrogen-bond donors (Lipinski definition) is 1. The van der Waals surface area contributed by atoms with Crippen LogP contribution in [0.1, 0.15) is 18.9 Å². The highest BCUT2D eigenvalue weighted by Gasteiger charge is 2.17. The predicted molar refractivity (Wildman–Crippen MR) is 78.4 cm³/mol. The Balaban J connectivity index is 2.44. The van der Waals surface area contributed by atoms with Crippen molar-refractivity contribution in [2.75, 3.05) is 0 Å². The molecule has 0 heterocycles. The summed E-state index contributed by atoms with van der Waals surface area (Å²) in [5.74, 6) is 0.109. The van der Waals surface area contributed by atoms with E-state index in [1.165, 1.54) is 0 Å². The molecule has 0 amide bonds. The van der Waals surface area contributed by atoms with Crippen molar-refractivity contribution in [1.29, 1.82) is 0 Å². The van der Waals surface area contributed by atoms with Gasteiger partial charge in [-0.2, -0.15) is 0 Å². The number of para-hydroxylation sites is 1. The zero-order valence-corrected chi connectivity index (χ0v) is 11.2. The molecule has 0 fully saturated rings. The highest BCUT2D eigenvalue weighted by molar-refractivity contribution is 6.16. The number of ether oxygens (including phenoxy) is 1. The molecule has 2 aromatic rings. The molecule has 0 saturated carbocycles. The van der Waals surface area contributed by atoms with E-state index in [0.717, 1.165) is 0 Å². The molecule has 0 aliphatic heterocycles. The smallest absolute Gasteiger partial charge is 0.339 e. The van der Waals surface area contributed by atoms with Gasteiger partial charge in [0.05, 0.1) is 0 Å². The van der Waals surface area contributed by atoms with E-state index < -0.39 is 5.97 Å². The van der Waals surface area contributed by atoms with E-state index in [4.69, 9.17) is 4.74 Å². The number of carbonyl (C=O) groups is 1. The van der Waals surface area contributed by atoms with Gasteiger partial charge in [0.1, 0.15) is 17.1 Å². The van der Waals surface area contributed by atoms with Gasteiger partial charge in [0, 0.05) is 6.42 Å². The number of hydrogen-bond acceptors (Lipinski definition) is 2. The second-order valence-electron chi connectivity index (χ2n) is 4.24. The van der Waals surface area contributed by atoms with Crippen molar-refractivity contribution in [3.05, 3.63) is 72.0 Å². The molecule has 0 spiro atoms. The van der Waals surface area contributed by atoms with Gasteiger partial charge in [0.15, 0.2) is 0 Å². The van der Waals surface area contributed by atoms with Crippen molar-refractivity contribution in [2.45, 2.75) is 13.3 Å². The maximum Gasteiger partial charge on any atom is 0.339 e. The Kier molecular flexibility index (Phi) is 4.56. The van der Waals surface area contributed by atoms with E-state index in [2.05, 4.69) is 0 Å². The van der Waals surface area contributed by atoms with Crippen LogP contribution in [0.4, 0.5) is 0 Å². The van der Waals surface area contributed by atoms with Crippen LogP contribution < -0.4 is 4.74 Å². The third-order valence-electron chi connectivity index (χ3n) is 2.86. The SMILES string of the molecule is CC/C(Oc1ccccc1)=C(/C(=O)O)c1ccccc1. The van der Waals surface area contributed by atoms with Crippen molar-refractivity contribution in [3.63, 3.8) is 0 Å². The van der Waals surface area contributed by atoms with Crippen LogP contribution in [0.2, 0.25) is 0 Å². The van der Waals surface area contributed by atoms with Gasteiger partial charge in [-0.15, -0.1) is 0 Å². The van der Waals surface area contributed by atoms with Crippen molar-refractivity contribution in [2.24, 2.45) is 0 Å². The van der Waals surface area contributed by atoms with Gasteiger partial charge in [-0.1, -0.05) is 55.5 Å². The quantitative estimate of drug-likeness (QED) is 0.659. The minimum atomic E-state index is -0.982. The van der Waals surface area contributed by atoms with Gasteiger partial charge in [0.2, 0.25) is 0 Å². The summed E-state index contributed by atoms with van der Waals surface area (Å²) in [7, 11) is 0. The molecule has 3 heteroatoms. The standard InChI is InChI=1S/C17H16O3/c1-2-15(20-14-11-7-4-8-12-14)16(17(18)19)13-9-5-3-6-10-13/h3-12H,2H2,1H3,(H,18,19)/b16-15-. The Bertz CT molecular complexity index is 601. The van der Waals surface area contributed by atoms with Crippen LogP contribution in [0, 0.1) is 0 Å². The van der Waals surface area contributed by atoms with Crippen LogP contribution in [0.5, 0.6) is 5.75 Å². The summed E-state index contributed by atoms with van der Waals surface area (Å²) in [6.45, 7) is 1.88. The normalized spacial score (nSPS) is 11.7. The molecule has 0 aliphatic rings. The first-order valence-corrected chi connectivity index (χ1v) is 6.47. The molecule has 0 aliphatic carbocycles. The summed E-state index contributed by atoms with van der Waals surface area (Å²) < 4.78 is 5.74. The van der Waals surface area contributed by atoms with Crippen LogP contribution in [0.25, 0.3) is 5.57 Å². The van der Waals surface area contributed by atoms with Gasteiger partial charge in [0.25, 0.3) is 0 Å². The van der Waals surface area contributed by atoms with Gasteiger partial charge < -0.3 is 9.84 Å². The predicted octanol–water partition coefficient (Wildman–Crippen LogP) is 3.97. The lowest BCUT2D eigenvalue weighted by Crippen LogP contribution is -2.07. The van der Waals surface area contributed by atoms with Gasteiger partial charge >= 0.3 is 5.97 Å². The van der Waals surface area contributed by atoms with Crippen LogP contribution in [-0.2, 0) is 4.79 Å². The Morgan fingerprint density at radius 1 is 1.00 bits per heavy atom. The second kappa shape index (κ2) is 6.57. The van der Waals surface area contributed by atoms with E-state index >= 15 is 0 Å². The second-order valence-corrected chi connectivity index (χ2v) is 4.24. The molecule has 0 saturated heterocycles. The lowest BCUT2D eigenvalue weighted by molar-refractivity contribution is -0.130. The van der Waals surface area contributed by atoms with Crippen molar-refractivity contribution >= 4 is 11.5 Å². The zero-order valence-electron chi connectivity index (χ0n) is 11.2. The first-order chi connectivity index (χ1) is 9.72. The molecule has 102 valence electrons. The van der Waals surface area contributed by atoms with E-state index in [0.29, 0.717) is 23.5 Å². The minimum absolute atomic E-state index is 0.206. The fourth-order valence-electron chi connectivity index (χ4n) is 1.94. The molecular weight excluding hydrogens is 252 g/mol. The molecule has 0 atom stereocenters. The molecule has 1 N–H and O–H groups in total. The highest BCUT2D eigenvalue weighted by Crippen LogP contribution is 2.24. The largest absolute Gasteiger partial charge is 0.478 e. The van der Waals surface area contributed by atoms with Crippen LogP contribution >= 0.6 is 0 Å². The van der Waals surface area contributed by atoms with Crippen LogP contribution in [0.15, 0.2) is 66.4 Å². The molecule has 2 rings (SSSR count). The molecule has 2 aromatic carbocycles. The minimum Gasteiger partial charge on any atom is -0.478 e. The number of carboxylic acid groups (broad SMARTS) is 1. The molecular formula is C17H16O3. The number of rotatable bonds is 5. The summed E-state index contributed by atoms with van der Waals surface area (Å²) in [5.41, 5.74) is 0.852. The van der Waals surface area contributed by atoms with Crippen LogP contribution in [-0.4, -0.2) is 11.1 Å². The number of aliphatic carboxylic acids is 1. The molecule has 0 unspecified atom stereocenters. The molecule has 0 aromatic heterocycles. The Morgan fingerprint density at radius 3 is 2.05 bits per heavy atom. The monoisotopic (exact) mass is 268 g/mol. The number of benzene rings is 2. The molecule has 3 nitrogen and oxygen atoms in total. The fourth-order valence-corrected chi connectivity index (χ4v) is 1.94. The van der Waals surface area contributed by atoms with Crippen molar-refractivity contribution in [1.82, 2.24) is 0 Å². The number of carboxylic acids is 1. The van der Waals surface area contributed by atoms with Crippen molar-refractivity contribution < 1.29 is 14.6 Å². The summed E-state index contributed by atoms with van der Waals surface area (Å²) in [6, 6.07) is 18.2. The summed E-state index contributed by atoms with van der Waals surface area (Å²) >= 11 is 0. The maximum atomic E-state index is 11.6. The van der Waals surface area contributed by atoms with E-state index in [9.17, 15) is 9.90 Å². The summed E-state index contributed by atoms with van der Waals surface area (Å²) in [6.07, 6.45) is 0.505. The third-order valence-corrected chi connectivity index (χ3v) is 2.86. The Hall–Kier alpha value is -2.55. The Labute approximate surface area is 118 Å². The van der Waals surface area contributed by atoms with E-state index in [-0.39, 0.29) is 5.57 Å². The van der Waals surface area contributed by atoms with E-state index in [1.54, 1.807) is 24.3 Å². The topological polar surface area (TPSA) is 46.5 Å². The Morgan fingerprint density at radius 2 is 1.55 bits per heavy atom. The van der Waals surface area contributed by atoms with Gasteiger partial charge in [-0.3, -0.25) is 0 Å². The van der Waals surface area contributed by atoms with Crippen LogP contribution in [0.3, 0.4) is 0 Å². The average molecular weight is 268 g/mol. The third kappa shape index (κ3) is 3.26. The highest BCUT2D eigenvalue weighted by atomic mass is 16.5. The molecule has 0 radical (unpaired) electrons. The number of allylic oxidation sites excluding steroid dienone is 1. The van der Waals surface area contributed by atoms with E-state index in [1.807, 2.05) is 43.3 Å². The van der Waals surface area contributed by atoms with Crippen molar-refractivity contribution in [3.8, 4) is 5.75 Å². The average Bonchev–Trinajstić information content (AvgIpc) is 2.48. The first kappa shape index (κ1) is 13.9. The summed E-state index contributed by atoms with van der Waals surface area (Å²) in [4.78, 5) is 11.6. The summed E-state index contributed by atoms with van der Waals surface area (Å²) in [5, 5.41) is 9.47. The molecule has 0 bridgehead atoms. The fraction of sp³-hybridized carbons (Fsp3) is 0.118. The first-order valence-electron chi connectivity index (χ1n) is 6.47. The van der Waals surface area contributed by atoms with Gasteiger partial charge in [-0.25, -0.2) is 4.79 Å². The zero-order chi connectivity index (χ0) is 14.4. The maximum absolute atomic E-state index is 11.6. The lowest BCUT2D eigenvalue weighted by atomic mass is 10.0. The van der Waals surface area contributed by atoms with Gasteiger partial charge in [-0.05, 0) is 17.7 Å². The lowest BCUT2D eigenvalue weighted by Gasteiger charge is -2.12.